The van der Waals surface area contributed by atoms with Crippen LogP contribution in [0.15, 0.2) is 59.4 Å². The van der Waals surface area contributed by atoms with E-state index >= 15 is 0 Å². The molecule has 0 saturated heterocycles. The first-order valence-electron chi connectivity index (χ1n) is 9.51. The normalized spacial score (nSPS) is 11.0. The molecular weight excluding hydrogens is 380 g/mol. The summed E-state index contributed by atoms with van der Waals surface area (Å²) in [6, 6.07) is 18.6. The van der Waals surface area contributed by atoms with E-state index in [2.05, 4.69) is 53.5 Å². The maximum atomic E-state index is 12.9. The largest absolute Gasteiger partial charge is 0.378 e. The van der Waals surface area contributed by atoms with Gasteiger partial charge in [-0.1, -0.05) is 36.4 Å². The molecule has 6 heteroatoms. The molecule has 0 unspecified atom stereocenters. The van der Waals surface area contributed by atoms with E-state index in [1.54, 1.807) is 11.6 Å². The average Bonchev–Trinajstić information content (AvgIpc) is 3.14. The molecule has 0 aliphatic carbocycles. The number of hydrogen-bond donors (Lipinski definition) is 1. The predicted octanol–water partition coefficient (Wildman–Crippen LogP) is 4.65. The lowest BCUT2D eigenvalue weighted by molar-refractivity contribution is 0.840. The Labute approximate surface area is 174 Å². The SMILES string of the molecule is Cc1ccccc1-c1cc2nc(NCc3ccc(N(C)C)cc3)n(C)c(=O)c2s1. The summed E-state index contributed by atoms with van der Waals surface area (Å²) in [6.45, 7) is 2.69. The Kier molecular flexibility index (Phi) is 5.11. The minimum atomic E-state index is -0.0229. The third-order valence-electron chi connectivity index (χ3n) is 5.07. The van der Waals surface area contributed by atoms with Gasteiger partial charge in [0, 0.05) is 38.3 Å². The van der Waals surface area contributed by atoms with Gasteiger partial charge in [0.1, 0.15) is 4.70 Å². The number of aromatic nitrogens is 2. The first-order valence-corrected chi connectivity index (χ1v) is 10.3. The van der Waals surface area contributed by atoms with Crippen LogP contribution in [0, 0.1) is 6.92 Å². The molecule has 0 amide bonds. The summed E-state index contributed by atoms with van der Waals surface area (Å²) < 4.78 is 2.28. The fourth-order valence-electron chi connectivity index (χ4n) is 3.29. The molecule has 2 aromatic heterocycles. The highest BCUT2D eigenvalue weighted by atomic mass is 32.1. The zero-order valence-corrected chi connectivity index (χ0v) is 17.9. The first-order chi connectivity index (χ1) is 13.9. The third kappa shape index (κ3) is 3.76. The van der Waals surface area contributed by atoms with Crippen LogP contribution >= 0.6 is 11.3 Å². The van der Waals surface area contributed by atoms with E-state index < -0.39 is 0 Å². The zero-order valence-electron chi connectivity index (χ0n) is 17.1. The molecule has 0 radical (unpaired) electrons. The van der Waals surface area contributed by atoms with Gasteiger partial charge in [-0.3, -0.25) is 9.36 Å². The van der Waals surface area contributed by atoms with E-state index in [0.717, 1.165) is 27.2 Å². The summed E-state index contributed by atoms with van der Waals surface area (Å²) >= 11 is 1.50. The summed E-state index contributed by atoms with van der Waals surface area (Å²) in [6.07, 6.45) is 0. The molecular formula is C23H24N4OS. The Balaban J connectivity index is 1.64. The number of nitrogens with one attached hydrogen (secondary N) is 1. The Morgan fingerprint density at radius 3 is 2.52 bits per heavy atom. The molecule has 5 nitrogen and oxygen atoms in total. The molecule has 29 heavy (non-hydrogen) atoms. The predicted molar refractivity (Wildman–Crippen MR) is 123 cm³/mol. The van der Waals surface area contributed by atoms with Gasteiger partial charge in [0.05, 0.1) is 5.52 Å². The monoisotopic (exact) mass is 404 g/mol. The van der Waals surface area contributed by atoms with Gasteiger partial charge in [0.15, 0.2) is 0 Å². The fraction of sp³-hybridized carbons (Fsp3) is 0.217. The molecule has 0 spiro atoms. The minimum absolute atomic E-state index is 0.0229. The van der Waals surface area contributed by atoms with Crippen LogP contribution < -0.4 is 15.8 Å². The van der Waals surface area contributed by atoms with E-state index in [0.29, 0.717) is 17.2 Å². The second kappa shape index (κ2) is 7.72. The molecule has 1 N–H and O–H groups in total. The van der Waals surface area contributed by atoms with E-state index in [9.17, 15) is 4.79 Å². The van der Waals surface area contributed by atoms with Crippen molar-refractivity contribution >= 4 is 33.2 Å². The highest BCUT2D eigenvalue weighted by molar-refractivity contribution is 7.22. The second-order valence-corrected chi connectivity index (χ2v) is 8.41. The highest BCUT2D eigenvalue weighted by Gasteiger charge is 2.14. The van der Waals surface area contributed by atoms with Gasteiger partial charge in [-0.2, -0.15) is 0 Å². The maximum absolute atomic E-state index is 12.9. The van der Waals surface area contributed by atoms with Crippen molar-refractivity contribution in [2.75, 3.05) is 24.3 Å². The number of rotatable bonds is 5. The number of fused-ring (bicyclic) bond motifs is 1. The molecule has 2 aromatic carbocycles. The first kappa shape index (κ1) is 19.2. The lowest BCUT2D eigenvalue weighted by Crippen LogP contribution is -2.21. The topological polar surface area (TPSA) is 50.2 Å². The van der Waals surface area contributed by atoms with Gasteiger partial charge in [-0.25, -0.2) is 4.98 Å². The highest BCUT2D eigenvalue weighted by Crippen LogP contribution is 2.33. The Hall–Kier alpha value is -3.12. The van der Waals surface area contributed by atoms with Crippen LogP contribution in [0.25, 0.3) is 20.7 Å². The molecule has 0 saturated carbocycles. The summed E-state index contributed by atoms with van der Waals surface area (Å²) in [5.74, 6) is 0.577. The van der Waals surface area contributed by atoms with E-state index in [1.165, 1.54) is 16.9 Å². The summed E-state index contributed by atoms with van der Waals surface area (Å²) in [5.41, 5.74) is 5.34. The van der Waals surface area contributed by atoms with Crippen molar-refractivity contribution in [3.63, 3.8) is 0 Å². The van der Waals surface area contributed by atoms with Crippen molar-refractivity contribution in [1.82, 2.24) is 9.55 Å². The smallest absolute Gasteiger partial charge is 0.272 e. The molecule has 4 aromatic rings. The minimum Gasteiger partial charge on any atom is -0.378 e. The van der Waals surface area contributed by atoms with Crippen LogP contribution in [0.3, 0.4) is 0 Å². The second-order valence-electron chi connectivity index (χ2n) is 7.35. The number of anilines is 2. The number of benzene rings is 2. The molecule has 0 fully saturated rings. The quantitative estimate of drug-likeness (QED) is 0.526. The van der Waals surface area contributed by atoms with E-state index in [1.807, 2.05) is 32.3 Å². The van der Waals surface area contributed by atoms with Gasteiger partial charge >= 0.3 is 0 Å². The van der Waals surface area contributed by atoms with Crippen LogP contribution in [-0.2, 0) is 13.6 Å². The van der Waals surface area contributed by atoms with Crippen LogP contribution in [0.1, 0.15) is 11.1 Å². The van der Waals surface area contributed by atoms with E-state index in [-0.39, 0.29) is 5.56 Å². The van der Waals surface area contributed by atoms with Gasteiger partial charge in [-0.15, -0.1) is 11.3 Å². The van der Waals surface area contributed by atoms with Crippen molar-refractivity contribution in [3.05, 3.63) is 76.1 Å². The third-order valence-corrected chi connectivity index (χ3v) is 6.21. The molecule has 0 aliphatic heterocycles. The van der Waals surface area contributed by atoms with Gasteiger partial charge < -0.3 is 10.2 Å². The summed E-state index contributed by atoms with van der Waals surface area (Å²) in [7, 11) is 5.81. The van der Waals surface area contributed by atoms with Crippen molar-refractivity contribution in [2.24, 2.45) is 7.05 Å². The molecule has 148 valence electrons. The Bertz CT molecular complexity index is 1220. The lowest BCUT2D eigenvalue weighted by atomic mass is 10.1. The van der Waals surface area contributed by atoms with Gasteiger partial charge in [0.2, 0.25) is 5.95 Å². The van der Waals surface area contributed by atoms with Crippen molar-refractivity contribution < 1.29 is 0 Å². The van der Waals surface area contributed by atoms with Crippen molar-refractivity contribution in [1.29, 1.82) is 0 Å². The van der Waals surface area contributed by atoms with Crippen molar-refractivity contribution in [2.45, 2.75) is 13.5 Å². The maximum Gasteiger partial charge on any atom is 0.272 e. The molecule has 0 bridgehead atoms. The zero-order chi connectivity index (χ0) is 20.5. The fourth-order valence-corrected chi connectivity index (χ4v) is 4.45. The van der Waals surface area contributed by atoms with Crippen LogP contribution in [0.2, 0.25) is 0 Å². The lowest BCUT2D eigenvalue weighted by Gasteiger charge is -2.13. The number of nitrogens with zero attached hydrogens (tertiary/aromatic N) is 3. The molecule has 2 heterocycles. The summed E-state index contributed by atoms with van der Waals surface area (Å²) in [5, 5.41) is 3.31. The summed E-state index contributed by atoms with van der Waals surface area (Å²) in [4.78, 5) is 20.8. The Morgan fingerprint density at radius 2 is 1.83 bits per heavy atom. The molecule has 0 aliphatic rings. The Morgan fingerprint density at radius 1 is 1.10 bits per heavy atom. The number of thiophene rings is 1. The standard InChI is InChI=1S/C23H24N4OS/c1-15-7-5-6-8-18(15)20-13-19-21(29-20)22(28)27(4)23(25-19)24-14-16-9-11-17(12-10-16)26(2)3/h5-13H,14H2,1-4H3,(H,24,25). The average molecular weight is 405 g/mol. The van der Waals surface area contributed by atoms with E-state index in [4.69, 9.17) is 4.98 Å². The molecule has 0 atom stereocenters. The van der Waals surface area contributed by atoms with Gasteiger partial charge in [-0.05, 0) is 41.8 Å². The van der Waals surface area contributed by atoms with Crippen molar-refractivity contribution in [3.8, 4) is 10.4 Å². The number of hydrogen-bond acceptors (Lipinski definition) is 5. The number of aryl methyl sites for hydroxylation is 1. The van der Waals surface area contributed by atoms with Crippen LogP contribution in [-0.4, -0.2) is 23.6 Å². The van der Waals surface area contributed by atoms with Crippen LogP contribution in [0.5, 0.6) is 0 Å². The molecule has 4 rings (SSSR count). The van der Waals surface area contributed by atoms with Crippen LogP contribution in [0.4, 0.5) is 11.6 Å². The van der Waals surface area contributed by atoms with Gasteiger partial charge in [0.25, 0.3) is 5.56 Å².